The lowest BCUT2D eigenvalue weighted by molar-refractivity contribution is 0.0304. The van der Waals surface area contributed by atoms with Crippen LogP contribution in [0.4, 0.5) is 4.39 Å². The summed E-state index contributed by atoms with van der Waals surface area (Å²) in [4.78, 5) is 14.8. The van der Waals surface area contributed by atoms with Crippen LogP contribution in [0, 0.1) is 5.82 Å². The first-order chi connectivity index (χ1) is 13.7. The molecular weight excluding hydrogens is 355 g/mol. The van der Waals surface area contributed by atoms with Crippen molar-refractivity contribution in [2.24, 2.45) is 0 Å². The van der Waals surface area contributed by atoms with Gasteiger partial charge in [0.05, 0.1) is 18.8 Å². The summed E-state index contributed by atoms with van der Waals surface area (Å²) in [5, 5.41) is 0.694. The number of hydrogen-bond acceptors (Lipinski definition) is 2. The van der Waals surface area contributed by atoms with Gasteiger partial charge in [0.2, 0.25) is 0 Å². The lowest BCUT2D eigenvalue weighted by Crippen LogP contribution is -2.40. The number of carbonyl (C=O) groups excluding carboxylic acids is 1. The summed E-state index contributed by atoms with van der Waals surface area (Å²) in [5.41, 5.74) is 2.84. The van der Waals surface area contributed by atoms with E-state index in [0.29, 0.717) is 37.3 Å². The molecule has 0 saturated carbocycles. The number of rotatable bonds is 6. The minimum atomic E-state index is -0.314. The van der Waals surface area contributed by atoms with E-state index in [9.17, 15) is 9.18 Å². The molecule has 0 atom stereocenters. The molecule has 5 heteroatoms. The van der Waals surface area contributed by atoms with Crippen LogP contribution in [0.5, 0.6) is 0 Å². The standard InChI is InChI=1S/C23H25FN2O2/c24-19-9-10-22-20(16-19)21(23(27)25-12-14-28-15-13-25)17-26(22)11-5-4-8-18-6-2-1-3-7-18/h1-3,6-7,9-10,16-17H,4-5,8,11-15H2. The molecule has 2 heterocycles. The number of carbonyl (C=O) groups is 1. The Labute approximate surface area is 164 Å². The van der Waals surface area contributed by atoms with Crippen molar-refractivity contribution in [2.75, 3.05) is 26.3 Å². The van der Waals surface area contributed by atoms with Crippen LogP contribution in [0.25, 0.3) is 10.9 Å². The predicted octanol–water partition coefficient (Wildman–Crippen LogP) is 4.28. The molecule has 1 amide bonds. The van der Waals surface area contributed by atoms with Crippen LogP contribution in [0.2, 0.25) is 0 Å². The molecular formula is C23H25FN2O2. The smallest absolute Gasteiger partial charge is 0.256 e. The maximum Gasteiger partial charge on any atom is 0.256 e. The summed E-state index contributed by atoms with van der Waals surface area (Å²) in [7, 11) is 0. The number of ether oxygens (including phenoxy) is 1. The van der Waals surface area contributed by atoms with Crippen molar-refractivity contribution in [1.29, 1.82) is 0 Å². The molecule has 146 valence electrons. The van der Waals surface area contributed by atoms with E-state index in [1.165, 1.54) is 17.7 Å². The zero-order chi connectivity index (χ0) is 19.3. The molecule has 1 aliphatic heterocycles. The van der Waals surface area contributed by atoms with E-state index in [0.717, 1.165) is 31.3 Å². The van der Waals surface area contributed by atoms with Crippen LogP contribution in [0.15, 0.2) is 54.7 Å². The zero-order valence-electron chi connectivity index (χ0n) is 15.9. The molecule has 4 rings (SSSR count). The maximum absolute atomic E-state index is 13.9. The summed E-state index contributed by atoms with van der Waals surface area (Å²) in [5.74, 6) is -0.354. The second-order valence-electron chi connectivity index (χ2n) is 7.24. The quantitative estimate of drug-likeness (QED) is 0.599. The molecule has 0 unspecified atom stereocenters. The van der Waals surface area contributed by atoms with E-state index in [1.54, 1.807) is 11.0 Å². The largest absolute Gasteiger partial charge is 0.378 e. The zero-order valence-corrected chi connectivity index (χ0v) is 15.9. The third-order valence-electron chi connectivity index (χ3n) is 5.33. The van der Waals surface area contributed by atoms with Gasteiger partial charge in [0.25, 0.3) is 5.91 Å². The van der Waals surface area contributed by atoms with E-state index >= 15 is 0 Å². The average molecular weight is 380 g/mol. The van der Waals surface area contributed by atoms with Crippen molar-refractivity contribution < 1.29 is 13.9 Å². The number of morpholine rings is 1. The molecule has 0 aliphatic carbocycles. The molecule has 0 radical (unpaired) electrons. The molecule has 0 spiro atoms. The lowest BCUT2D eigenvalue weighted by Gasteiger charge is -2.26. The van der Waals surface area contributed by atoms with Crippen molar-refractivity contribution in [2.45, 2.75) is 25.8 Å². The highest BCUT2D eigenvalue weighted by Gasteiger charge is 2.22. The second kappa shape index (κ2) is 8.57. The van der Waals surface area contributed by atoms with Crippen LogP contribution in [0.3, 0.4) is 0 Å². The minimum Gasteiger partial charge on any atom is -0.378 e. The summed E-state index contributed by atoms with van der Waals surface area (Å²) in [6.45, 7) is 3.08. The molecule has 2 aromatic carbocycles. The van der Waals surface area contributed by atoms with Gasteiger partial charge in [0.1, 0.15) is 5.82 Å². The Morgan fingerprint density at radius 1 is 1.04 bits per heavy atom. The van der Waals surface area contributed by atoms with Gasteiger partial charge in [0, 0.05) is 36.7 Å². The van der Waals surface area contributed by atoms with E-state index in [1.807, 2.05) is 12.3 Å². The number of unbranched alkanes of at least 4 members (excludes halogenated alkanes) is 1. The number of halogens is 1. The highest BCUT2D eigenvalue weighted by molar-refractivity contribution is 6.07. The highest BCUT2D eigenvalue weighted by Crippen LogP contribution is 2.25. The topological polar surface area (TPSA) is 34.5 Å². The van der Waals surface area contributed by atoms with Crippen LogP contribution in [-0.4, -0.2) is 41.7 Å². The summed E-state index contributed by atoms with van der Waals surface area (Å²) in [6.07, 6.45) is 5.00. The van der Waals surface area contributed by atoms with Crippen molar-refractivity contribution in [3.05, 3.63) is 71.7 Å². The van der Waals surface area contributed by atoms with Crippen LogP contribution < -0.4 is 0 Å². The number of fused-ring (bicyclic) bond motifs is 1. The number of aryl methyl sites for hydroxylation is 2. The summed E-state index contributed by atoms with van der Waals surface area (Å²) >= 11 is 0. The van der Waals surface area contributed by atoms with Gasteiger partial charge in [-0.2, -0.15) is 0 Å². The molecule has 0 N–H and O–H groups in total. The van der Waals surface area contributed by atoms with Crippen LogP contribution >= 0.6 is 0 Å². The average Bonchev–Trinajstić information content (AvgIpc) is 3.09. The Bertz CT molecular complexity index is 946. The fraction of sp³-hybridized carbons (Fsp3) is 0.348. The fourth-order valence-corrected chi connectivity index (χ4v) is 3.82. The third-order valence-corrected chi connectivity index (χ3v) is 5.33. The Kier molecular flexibility index (Phi) is 5.72. The molecule has 3 aromatic rings. The molecule has 1 saturated heterocycles. The molecule has 0 bridgehead atoms. The fourth-order valence-electron chi connectivity index (χ4n) is 3.82. The SMILES string of the molecule is O=C(c1cn(CCCCc2ccccc2)c2ccc(F)cc12)N1CCOCC1. The number of hydrogen-bond donors (Lipinski definition) is 0. The first-order valence-corrected chi connectivity index (χ1v) is 9.92. The van der Waals surface area contributed by atoms with E-state index in [-0.39, 0.29) is 11.7 Å². The van der Waals surface area contributed by atoms with Crippen molar-refractivity contribution in [3.8, 4) is 0 Å². The van der Waals surface area contributed by atoms with E-state index in [2.05, 4.69) is 28.8 Å². The van der Waals surface area contributed by atoms with Crippen molar-refractivity contribution in [3.63, 3.8) is 0 Å². The molecule has 1 aromatic heterocycles. The lowest BCUT2D eigenvalue weighted by atomic mass is 10.1. The Hall–Kier alpha value is -2.66. The Morgan fingerprint density at radius 2 is 1.82 bits per heavy atom. The predicted molar refractivity (Wildman–Crippen MR) is 108 cm³/mol. The first kappa shape index (κ1) is 18.7. The van der Waals surface area contributed by atoms with Gasteiger partial charge >= 0.3 is 0 Å². The van der Waals surface area contributed by atoms with Gasteiger partial charge in [-0.05, 0) is 43.0 Å². The second-order valence-corrected chi connectivity index (χ2v) is 7.24. The number of amides is 1. The molecule has 28 heavy (non-hydrogen) atoms. The van der Waals surface area contributed by atoms with Gasteiger partial charge in [-0.1, -0.05) is 30.3 Å². The maximum atomic E-state index is 13.9. The van der Waals surface area contributed by atoms with Crippen molar-refractivity contribution >= 4 is 16.8 Å². The minimum absolute atomic E-state index is 0.0399. The van der Waals surface area contributed by atoms with Gasteiger partial charge in [-0.25, -0.2) is 4.39 Å². The first-order valence-electron chi connectivity index (χ1n) is 9.92. The van der Waals surface area contributed by atoms with Gasteiger partial charge < -0.3 is 14.2 Å². The molecule has 1 fully saturated rings. The molecule has 1 aliphatic rings. The monoisotopic (exact) mass is 380 g/mol. The van der Waals surface area contributed by atoms with Gasteiger partial charge in [0.15, 0.2) is 0 Å². The van der Waals surface area contributed by atoms with E-state index in [4.69, 9.17) is 4.74 Å². The normalized spacial score (nSPS) is 14.5. The summed E-state index contributed by atoms with van der Waals surface area (Å²) in [6, 6.07) is 15.2. The highest BCUT2D eigenvalue weighted by atomic mass is 19.1. The number of benzene rings is 2. The Balaban J connectivity index is 1.50. The van der Waals surface area contributed by atoms with Gasteiger partial charge in [-0.3, -0.25) is 4.79 Å². The summed E-state index contributed by atoms with van der Waals surface area (Å²) < 4.78 is 21.3. The van der Waals surface area contributed by atoms with Gasteiger partial charge in [-0.15, -0.1) is 0 Å². The van der Waals surface area contributed by atoms with E-state index < -0.39 is 0 Å². The van der Waals surface area contributed by atoms with Crippen LogP contribution in [0.1, 0.15) is 28.8 Å². The number of aromatic nitrogens is 1. The Morgan fingerprint density at radius 3 is 2.61 bits per heavy atom. The van der Waals surface area contributed by atoms with Crippen molar-refractivity contribution in [1.82, 2.24) is 9.47 Å². The molecule has 4 nitrogen and oxygen atoms in total. The number of nitrogens with zero attached hydrogens (tertiary/aromatic N) is 2. The third kappa shape index (κ3) is 4.09. The van der Waals surface area contributed by atoms with Crippen LogP contribution in [-0.2, 0) is 17.7 Å².